The van der Waals surface area contributed by atoms with Gasteiger partial charge in [0, 0.05) is 10.5 Å². The van der Waals surface area contributed by atoms with Gasteiger partial charge in [0.15, 0.2) is 11.6 Å². The molecule has 0 aliphatic heterocycles. The fraction of sp³-hybridized carbons (Fsp3) is 0.200. The van der Waals surface area contributed by atoms with E-state index in [1.807, 2.05) is 31.3 Å². The smallest absolute Gasteiger partial charge is 0.159 e. The highest BCUT2D eigenvalue weighted by Crippen LogP contribution is 2.21. The predicted octanol–water partition coefficient (Wildman–Crippen LogP) is 4.23. The van der Waals surface area contributed by atoms with Crippen LogP contribution in [0.15, 0.2) is 46.9 Å². The van der Waals surface area contributed by atoms with E-state index in [2.05, 4.69) is 21.2 Å². The number of hydrogen-bond acceptors (Lipinski definition) is 1. The van der Waals surface area contributed by atoms with Crippen LogP contribution in [0.3, 0.4) is 0 Å². The zero-order valence-corrected chi connectivity index (χ0v) is 12.0. The molecule has 0 aliphatic rings. The quantitative estimate of drug-likeness (QED) is 0.887. The number of likely N-dealkylation sites (N-methyl/N-ethyl adjacent to an activating group) is 1. The monoisotopic (exact) mass is 325 g/mol. The van der Waals surface area contributed by atoms with Gasteiger partial charge in [0.25, 0.3) is 0 Å². The van der Waals surface area contributed by atoms with E-state index in [0.717, 1.165) is 15.6 Å². The van der Waals surface area contributed by atoms with Crippen LogP contribution in [0.1, 0.15) is 17.2 Å². The van der Waals surface area contributed by atoms with Crippen LogP contribution in [0.5, 0.6) is 0 Å². The van der Waals surface area contributed by atoms with Crippen molar-refractivity contribution in [2.75, 3.05) is 7.05 Å². The van der Waals surface area contributed by atoms with E-state index in [9.17, 15) is 8.78 Å². The summed E-state index contributed by atoms with van der Waals surface area (Å²) in [7, 11) is 1.85. The Bertz CT molecular complexity index is 555. The Morgan fingerprint density at radius 2 is 1.74 bits per heavy atom. The normalized spacial score (nSPS) is 12.4. The Balaban J connectivity index is 2.18. The van der Waals surface area contributed by atoms with E-state index in [1.54, 1.807) is 6.07 Å². The van der Waals surface area contributed by atoms with Crippen molar-refractivity contribution in [1.29, 1.82) is 0 Å². The predicted molar refractivity (Wildman–Crippen MR) is 76.0 cm³/mol. The zero-order valence-electron chi connectivity index (χ0n) is 10.5. The third kappa shape index (κ3) is 3.61. The maximum Gasteiger partial charge on any atom is 0.159 e. The summed E-state index contributed by atoms with van der Waals surface area (Å²) < 4.78 is 27.1. The number of nitrogens with one attached hydrogen (secondary N) is 1. The molecule has 0 amide bonds. The minimum absolute atomic E-state index is 0.0676. The molecule has 100 valence electrons. The fourth-order valence-corrected chi connectivity index (χ4v) is 2.25. The molecule has 0 radical (unpaired) electrons. The number of benzene rings is 2. The summed E-state index contributed by atoms with van der Waals surface area (Å²) in [5.41, 5.74) is 1.87. The second kappa shape index (κ2) is 6.26. The summed E-state index contributed by atoms with van der Waals surface area (Å²) in [4.78, 5) is 0. The first-order chi connectivity index (χ1) is 9.10. The Labute approximate surface area is 119 Å². The van der Waals surface area contributed by atoms with E-state index in [0.29, 0.717) is 6.42 Å². The molecule has 0 aromatic heterocycles. The molecule has 0 fully saturated rings. The van der Waals surface area contributed by atoms with Crippen molar-refractivity contribution >= 4 is 15.9 Å². The summed E-state index contributed by atoms with van der Waals surface area (Å²) >= 11 is 3.39. The topological polar surface area (TPSA) is 12.0 Å². The molecule has 0 saturated carbocycles. The summed E-state index contributed by atoms with van der Waals surface area (Å²) in [6, 6.07) is 12.0. The van der Waals surface area contributed by atoms with Crippen LogP contribution in [-0.4, -0.2) is 7.05 Å². The minimum atomic E-state index is -0.812. The Morgan fingerprint density at radius 3 is 2.32 bits per heavy atom. The molecule has 0 heterocycles. The Hall–Kier alpha value is -1.26. The largest absolute Gasteiger partial charge is 0.313 e. The van der Waals surface area contributed by atoms with Gasteiger partial charge >= 0.3 is 0 Å². The number of hydrogen-bond donors (Lipinski definition) is 1. The van der Waals surface area contributed by atoms with Gasteiger partial charge in [0.2, 0.25) is 0 Å². The molecule has 19 heavy (non-hydrogen) atoms. The summed E-state index contributed by atoms with van der Waals surface area (Å²) in [6.07, 6.45) is 0.606. The van der Waals surface area contributed by atoms with Crippen LogP contribution in [0.2, 0.25) is 0 Å². The van der Waals surface area contributed by atoms with Crippen molar-refractivity contribution in [3.63, 3.8) is 0 Å². The standard InChI is InChI=1S/C15H14BrF2N/c1-19-15(11-3-5-12(16)6-4-11)9-10-2-7-13(17)14(18)8-10/h2-8,15,19H,9H2,1H3. The lowest BCUT2D eigenvalue weighted by Gasteiger charge is -2.17. The molecule has 1 atom stereocenters. The first-order valence-corrected chi connectivity index (χ1v) is 6.76. The van der Waals surface area contributed by atoms with Crippen molar-refractivity contribution in [2.45, 2.75) is 12.5 Å². The van der Waals surface area contributed by atoms with Crippen LogP contribution in [-0.2, 0) is 6.42 Å². The molecular weight excluding hydrogens is 312 g/mol. The average molecular weight is 326 g/mol. The van der Waals surface area contributed by atoms with Gasteiger partial charge in [0.1, 0.15) is 0 Å². The lowest BCUT2D eigenvalue weighted by atomic mass is 9.99. The fourth-order valence-electron chi connectivity index (χ4n) is 1.98. The maximum atomic E-state index is 13.2. The van der Waals surface area contributed by atoms with Crippen LogP contribution in [0.4, 0.5) is 8.78 Å². The summed E-state index contributed by atoms with van der Waals surface area (Å²) in [6.45, 7) is 0. The first-order valence-electron chi connectivity index (χ1n) is 5.97. The molecule has 1 N–H and O–H groups in total. The molecule has 2 aromatic carbocycles. The highest BCUT2D eigenvalue weighted by atomic mass is 79.9. The molecule has 0 aliphatic carbocycles. The van der Waals surface area contributed by atoms with Gasteiger partial charge in [-0.3, -0.25) is 0 Å². The van der Waals surface area contributed by atoms with E-state index < -0.39 is 11.6 Å². The lowest BCUT2D eigenvalue weighted by molar-refractivity contribution is 0.504. The van der Waals surface area contributed by atoms with E-state index >= 15 is 0 Å². The maximum absolute atomic E-state index is 13.2. The van der Waals surface area contributed by atoms with Crippen LogP contribution >= 0.6 is 15.9 Å². The van der Waals surface area contributed by atoms with Crippen LogP contribution in [0.25, 0.3) is 0 Å². The number of rotatable bonds is 4. The van der Waals surface area contributed by atoms with Gasteiger partial charge < -0.3 is 5.32 Å². The number of halogens is 3. The SMILES string of the molecule is CNC(Cc1ccc(F)c(F)c1)c1ccc(Br)cc1. The zero-order chi connectivity index (χ0) is 13.8. The first kappa shape index (κ1) is 14.2. The molecule has 2 rings (SSSR count). The van der Waals surface area contributed by atoms with E-state index in [-0.39, 0.29) is 6.04 Å². The van der Waals surface area contributed by atoms with E-state index in [1.165, 1.54) is 12.1 Å². The molecule has 0 saturated heterocycles. The van der Waals surface area contributed by atoms with Crippen LogP contribution in [0, 0.1) is 11.6 Å². The Kier molecular flexibility index (Phi) is 4.66. The van der Waals surface area contributed by atoms with Gasteiger partial charge in [-0.25, -0.2) is 8.78 Å². The van der Waals surface area contributed by atoms with Crippen molar-refractivity contribution in [2.24, 2.45) is 0 Å². The minimum Gasteiger partial charge on any atom is -0.313 e. The molecule has 0 spiro atoms. The molecule has 0 bridgehead atoms. The third-order valence-corrected chi connectivity index (χ3v) is 3.57. The second-order valence-corrected chi connectivity index (χ2v) is 5.26. The highest BCUT2D eigenvalue weighted by molar-refractivity contribution is 9.10. The average Bonchev–Trinajstić information content (AvgIpc) is 2.41. The molecule has 1 nitrogen and oxygen atoms in total. The molecule has 1 unspecified atom stereocenters. The highest BCUT2D eigenvalue weighted by Gasteiger charge is 2.11. The van der Waals surface area contributed by atoms with Gasteiger partial charge in [-0.05, 0) is 48.9 Å². The van der Waals surface area contributed by atoms with Crippen molar-refractivity contribution in [3.8, 4) is 0 Å². The van der Waals surface area contributed by atoms with Gasteiger partial charge in [-0.15, -0.1) is 0 Å². The van der Waals surface area contributed by atoms with Crippen molar-refractivity contribution < 1.29 is 8.78 Å². The van der Waals surface area contributed by atoms with Crippen LogP contribution < -0.4 is 5.32 Å². The van der Waals surface area contributed by atoms with Crippen molar-refractivity contribution in [3.05, 3.63) is 69.7 Å². The van der Waals surface area contributed by atoms with Gasteiger partial charge in [-0.2, -0.15) is 0 Å². The van der Waals surface area contributed by atoms with E-state index in [4.69, 9.17) is 0 Å². The third-order valence-electron chi connectivity index (χ3n) is 3.04. The van der Waals surface area contributed by atoms with Crippen molar-refractivity contribution in [1.82, 2.24) is 5.32 Å². The molecule has 4 heteroatoms. The van der Waals surface area contributed by atoms with Gasteiger partial charge in [-0.1, -0.05) is 34.1 Å². The summed E-state index contributed by atoms with van der Waals surface area (Å²) in [5, 5.41) is 3.19. The second-order valence-electron chi connectivity index (χ2n) is 4.35. The van der Waals surface area contributed by atoms with Gasteiger partial charge in [0.05, 0.1) is 0 Å². The molecule has 2 aromatic rings. The summed E-state index contributed by atoms with van der Waals surface area (Å²) in [5.74, 6) is -1.61. The Morgan fingerprint density at radius 1 is 1.05 bits per heavy atom. The molecular formula is C15H14BrF2N. The lowest BCUT2D eigenvalue weighted by Crippen LogP contribution is -2.18.